The molecule has 4 nitrogen and oxygen atoms in total. The van der Waals surface area contributed by atoms with Crippen LogP contribution in [0.15, 0.2) is 30.5 Å². The molecule has 0 aliphatic carbocycles. The Balaban J connectivity index is 2.26. The second-order valence-corrected chi connectivity index (χ2v) is 3.79. The Morgan fingerprint density at radius 1 is 1.25 bits per heavy atom. The van der Waals surface area contributed by atoms with Crippen LogP contribution in [0.1, 0.15) is 12.0 Å². The van der Waals surface area contributed by atoms with E-state index in [-0.39, 0.29) is 6.61 Å². The number of nitrogens with zero attached hydrogens (tertiary/aromatic N) is 3. The fourth-order valence-corrected chi connectivity index (χ4v) is 1.59. The van der Waals surface area contributed by atoms with Gasteiger partial charge >= 0.3 is 0 Å². The van der Waals surface area contributed by atoms with E-state index in [1.165, 1.54) is 5.56 Å². The van der Waals surface area contributed by atoms with Crippen LogP contribution < -0.4 is 0 Å². The van der Waals surface area contributed by atoms with Crippen molar-refractivity contribution in [1.29, 1.82) is 0 Å². The van der Waals surface area contributed by atoms with Gasteiger partial charge in [-0.3, -0.25) is 0 Å². The average molecular weight is 217 g/mol. The van der Waals surface area contributed by atoms with Gasteiger partial charge in [0.15, 0.2) is 0 Å². The van der Waals surface area contributed by atoms with E-state index < -0.39 is 0 Å². The van der Waals surface area contributed by atoms with E-state index in [0.29, 0.717) is 13.0 Å². The lowest BCUT2D eigenvalue weighted by Crippen LogP contribution is -2.04. The van der Waals surface area contributed by atoms with Crippen LogP contribution in [0.25, 0.3) is 11.3 Å². The van der Waals surface area contributed by atoms with Gasteiger partial charge in [-0.1, -0.05) is 35.0 Å². The van der Waals surface area contributed by atoms with Crippen LogP contribution in [0.4, 0.5) is 0 Å². The number of aryl methyl sites for hydroxylation is 2. The number of hydrogen-bond donors (Lipinski definition) is 1. The second-order valence-electron chi connectivity index (χ2n) is 3.79. The Kier molecular flexibility index (Phi) is 3.31. The van der Waals surface area contributed by atoms with Gasteiger partial charge in [-0.05, 0) is 13.3 Å². The zero-order valence-electron chi connectivity index (χ0n) is 9.30. The number of benzene rings is 1. The minimum absolute atomic E-state index is 0.174. The van der Waals surface area contributed by atoms with Crippen LogP contribution in [0.3, 0.4) is 0 Å². The summed E-state index contributed by atoms with van der Waals surface area (Å²) in [5.41, 5.74) is 3.33. The summed E-state index contributed by atoms with van der Waals surface area (Å²) < 4.78 is 1.82. The number of hydrogen-bond acceptors (Lipinski definition) is 3. The second kappa shape index (κ2) is 4.90. The van der Waals surface area contributed by atoms with Crippen LogP contribution in [-0.4, -0.2) is 26.7 Å². The molecule has 0 spiro atoms. The zero-order chi connectivity index (χ0) is 11.4. The summed E-state index contributed by atoms with van der Waals surface area (Å²) in [7, 11) is 0. The molecular weight excluding hydrogens is 202 g/mol. The molecule has 1 heterocycles. The van der Waals surface area contributed by atoms with Crippen molar-refractivity contribution in [2.24, 2.45) is 0 Å². The fraction of sp³-hybridized carbons (Fsp3) is 0.333. The molecule has 0 aliphatic rings. The SMILES string of the molecule is Cc1ccc(-c2cnnn2CCCO)cc1. The highest BCUT2D eigenvalue weighted by atomic mass is 16.3. The standard InChI is InChI=1S/C12H15N3O/c1-10-3-5-11(6-4-10)12-9-13-14-15(12)7-2-8-16/h3-6,9,16H,2,7-8H2,1H3. The molecule has 1 aromatic carbocycles. The number of aliphatic hydroxyl groups excluding tert-OH is 1. The van der Waals surface area contributed by atoms with Gasteiger partial charge < -0.3 is 5.11 Å². The number of aliphatic hydroxyl groups is 1. The van der Waals surface area contributed by atoms with Crippen LogP contribution in [-0.2, 0) is 6.54 Å². The molecule has 0 unspecified atom stereocenters. The summed E-state index contributed by atoms with van der Waals surface area (Å²) in [5, 5.41) is 16.7. The Labute approximate surface area is 94.5 Å². The molecule has 0 atom stereocenters. The lowest BCUT2D eigenvalue weighted by molar-refractivity contribution is 0.276. The van der Waals surface area contributed by atoms with E-state index in [4.69, 9.17) is 5.11 Å². The minimum Gasteiger partial charge on any atom is -0.396 e. The highest BCUT2D eigenvalue weighted by Crippen LogP contribution is 2.18. The monoisotopic (exact) mass is 217 g/mol. The first-order valence-corrected chi connectivity index (χ1v) is 5.37. The van der Waals surface area contributed by atoms with E-state index in [2.05, 4.69) is 41.5 Å². The fourth-order valence-electron chi connectivity index (χ4n) is 1.59. The Morgan fingerprint density at radius 3 is 2.69 bits per heavy atom. The lowest BCUT2D eigenvalue weighted by atomic mass is 10.1. The van der Waals surface area contributed by atoms with Gasteiger partial charge in [0.25, 0.3) is 0 Å². The van der Waals surface area contributed by atoms with Gasteiger partial charge in [0.05, 0.1) is 11.9 Å². The quantitative estimate of drug-likeness (QED) is 0.847. The Morgan fingerprint density at radius 2 is 2.00 bits per heavy atom. The van der Waals surface area contributed by atoms with Gasteiger partial charge in [-0.25, -0.2) is 4.68 Å². The Hall–Kier alpha value is -1.68. The highest BCUT2D eigenvalue weighted by Gasteiger charge is 2.05. The van der Waals surface area contributed by atoms with E-state index in [0.717, 1.165) is 11.3 Å². The van der Waals surface area contributed by atoms with Crippen LogP contribution >= 0.6 is 0 Å². The molecular formula is C12H15N3O. The maximum Gasteiger partial charge on any atom is 0.0885 e. The third-order valence-electron chi connectivity index (χ3n) is 2.49. The van der Waals surface area contributed by atoms with Crippen LogP contribution in [0, 0.1) is 6.92 Å². The van der Waals surface area contributed by atoms with Gasteiger partial charge in [0.2, 0.25) is 0 Å². The predicted molar refractivity (Wildman–Crippen MR) is 61.9 cm³/mol. The first-order chi connectivity index (χ1) is 7.81. The molecule has 1 N–H and O–H groups in total. The van der Waals surface area contributed by atoms with Gasteiger partial charge in [-0.2, -0.15) is 0 Å². The normalized spacial score (nSPS) is 10.6. The van der Waals surface area contributed by atoms with Gasteiger partial charge in [0, 0.05) is 18.7 Å². The topological polar surface area (TPSA) is 50.9 Å². The molecule has 0 fully saturated rings. The zero-order valence-corrected chi connectivity index (χ0v) is 9.30. The highest BCUT2D eigenvalue weighted by molar-refractivity contribution is 5.58. The van der Waals surface area contributed by atoms with E-state index in [1.807, 2.05) is 4.68 Å². The van der Waals surface area contributed by atoms with Crippen molar-refractivity contribution in [3.05, 3.63) is 36.0 Å². The average Bonchev–Trinajstić information content (AvgIpc) is 2.75. The largest absolute Gasteiger partial charge is 0.396 e. The van der Waals surface area contributed by atoms with Gasteiger partial charge in [0.1, 0.15) is 0 Å². The predicted octanol–water partition coefficient (Wildman–Crippen LogP) is 1.64. The molecule has 0 bridgehead atoms. The maximum absolute atomic E-state index is 8.80. The summed E-state index contributed by atoms with van der Waals surface area (Å²) in [5.74, 6) is 0. The van der Waals surface area contributed by atoms with E-state index >= 15 is 0 Å². The van der Waals surface area contributed by atoms with Crippen LogP contribution in [0.2, 0.25) is 0 Å². The summed E-state index contributed by atoms with van der Waals surface area (Å²) >= 11 is 0. The molecule has 0 saturated carbocycles. The van der Waals surface area contributed by atoms with Crippen molar-refractivity contribution >= 4 is 0 Å². The van der Waals surface area contributed by atoms with Crippen molar-refractivity contribution in [1.82, 2.24) is 15.0 Å². The molecule has 0 saturated heterocycles. The molecule has 4 heteroatoms. The number of rotatable bonds is 4. The molecule has 2 aromatic rings. The summed E-state index contributed by atoms with van der Waals surface area (Å²) in [6.45, 7) is 2.93. The van der Waals surface area contributed by atoms with Crippen molar-refractivity contribution in [2.75, 3.05) is 6.61 Å². The van der Waals surface area contributed by atoms with Crippen LogP contribution in [0.5, 0.6) is 0 Å². The summed E-state index contributed by atoms with van der Waals surface area (Å²) in [4.78, 5) is 0. The molecule has 2 rings (SSSR count). The lowest BCUT2D eigenvalue weighted by Gasteiger charge is -2.05. The van der Waals surface area contributed by atoms with E-state index in [1.54, 1.807) is 6.20 Å². The molecule has 16 heavy (non-hydrogen) atoms. The third kappa shape index (κ3) is 2.28. The van der Waals surface area contributed by atoms with E-state index in [9.17, 15) is 0 Å². The van der Waals surface area contributed by atoms with Gasteiger partial charge in [-0.15, -0.1) is 5.10 Å². The molecule has 1 aromatic heterocycles. The maximum atomic E-state index is 8.80. The van der Waals surface area contributed by atoms with Crippen molar-refractivity contribution < 1.29 is 5.11 Å². The molecule has 0 radical (unpaired) electrons. The Bertz CT molecular complexity index is 448. The summed E-state index contributed by atoms with van der Waals surface area (Å²) in [6.07, 6.45) is 2.45. The van der Waals surface area contributed by atoms with Crippen molar-refractivity contribution in [2.45, 2.75) is 19.9 Å². The van der Waals surface area contributed by atoms with Crippen molar-refractivity contribution in [3.8, 4) is 11.3 Å². The first-order valence-electron chi connectivity index (χ1n) is 5.37. The number of aromatic nitrogens is 3. The minimum atomic E-state index is 0.174. The molecule has 84 valence electrons. The van der Waals surface area contributed by atoms with Crippen molar-refractivity contribution in [3.63, 3.8) is 0 Å². The molecule has 0 aliphatic heterocycles. The summed E-state index contributed by atoms with van der Waals surface area (Å²) in [6, 6.07) is 8.25. The first kappa shape index (κ1) is 10.8. The molecule has 0 amide bonds. The smallest absolute Gasteiger partial charge is 0.0885 e. The third-order valence-corrected chi connectivity index (χ3v) is 2.49.